The van der Waals surface area contributed by atoms with Crippen LogP contribution in [0.5, 0.6) is 0 Å². The molecular weight excluding hydrogens is 300 g/mol. The molecule has 2 unspecified atom stereocenters. The van der Waals surface area contributed by atoms with Crippen LogP contribution in [0.2, 0.25) is 0 Å². The molecule has 22 heavy (non-hydrogen) atoms. The number of hydrogen-bond acceptors (Lipinski definition) is 4. The monoisotopic (exact) mass is 330 g/mol. The van der Waals surface area contributed by atoms with Crippen molar-refractivity contribution in [1.82, 2.24) is 4.90 Å². The van der Waals surface area contributed by atoms with Crippen LogP contribution in [0.3, 0.4) is 0 Å². The Hall–Kier alpha value is -0.620. The fourth-order valence-corrected chi connectivity index (χ4v) is 6.39. The number of piperidine rings is 1. The standard InChI is InChI=1S/C16H30N2O3S/c1-12(2)15(16(19)18-10-6-7-13(17)11-18)22(20,21)14-8-4-3-5-9-14/h12-15H,3-11,17H2,1-2H3. The SMILES string of the molecule is CC(C)C(C(=O)N1CCCC(N)C1)S(=O)(=O)C1CCCCC1. The summed E-state index contributed by atoms with van der Waals surface area (Å²) >= 11 is 0. The van der Waals surface area contributed by atoms with Crippen molar-refractivity contribution in [3.8, 4) is 0 Å². The predicted molar refractivity (Wildman–Crippen MR) is 88.2 cm³/mol. The van der Waals surface area contributed by atoms with Crippen molar-refractivity contribution in [2.75, 3.05) is 13.1 Å². The third kappa shape index (κ3) is 3.82. The molecule has 2 fully saturated rings. The van der Waals surface area contributed by atoms with Gasteiger partial charge in [0.15, 0.2) is 9.84 Å². The second-order valence-electron chi connectivity index (χ2n) is 7.20. The van der Waals surface area contributed by atoms with Crippen LogP contribution in [0.1, 0.15) is 58.8 Å². The average molecular weight is 330 g/mol. The lowest BCUT2D eigenvalue weighted by Gasteiger charge is -2.36. The molecule has 1 saturated heterocycles. The van der Waals surface area contributed by atoms with Gasteiger partial charge in [-0.15, -0.1) is 0 Å². The zero-order valence-electron chi connectivity index (χ0n) is 13.8. The Balaban J connectivity index is 2.19. The average Bonchev–Trinajstić information content (AvgIpc) is 2.47. The van der Waals surface area contributed by atoms with Gasteiger partial charge in [0.25, 0.3) is 0 Å². The summed E-state index contributed by atoms with van der Waals surface area (Å²) in [6.07, 6.45) is 6.20. The zero-order chi connectivity index (χ0) is 16.3. The molecule has 1 amide bonds. The topological polar surface area (TPSA) is 80.5 Å². The fraction of sp³-hybridized carbons (Fsp3) is 0.938. The van der Waals surface area contributed by atoms with Gasteiger partial charge in [0, 0.05) is 19.1 Å². The number of likely N-dealkylation sites (tertiary alicyclic amines) is 1. The molecule has 2 rings (SSSR count). The second kappa shape index (κ2) is 7.30. The Morgan fingerprint density at radius 3 is 2.27 bits per heavy atom. The van der Waals surface area contributed by atoms with Gasteiger partial charge in [0.2, 0.25) is 5.91 Å². The maximum absolute atomic E-state index is 13.0. The first-order valence-electron chi connectivity index (χ1n) is 8.61. The van der Waals surface area contributed by atoms with Gasteiger partial charge < -0.3 is 10.6 Å². The van der Waals surface area contributed by atoms with E-state index in [9.17, 15) is 13.2 Å². The highest BCUT2D eigenvalue weighted by Gasteiger charge is 2.43. The largest absolute Gasteiger partial charge is 0.340 e. The van der Waals surface area contributed by atoms with Crippen LogP contribution in [0.4, 0.5) is 0 Å². The van der Waals surface area contributed by atoms with E-state index < -0.39 is 15.1 Å². The first-order chi connectivity index (χ1) is 10.3. The van der Waals surface area contributed by atoms with Gasteiger partial charge in [-0.3, -0.25) is 4.79 Å². The van der Waals surface area contributed by atoms with Gasteiger partial charge in [-0.1, -0.05) is 33.1 Å². The number of hydrogen-bond donors (Lipinski definition) is 1. The maximum Gasteiger partial charge on any atom is 0.241 e. The van der Waals surface area contributed by atoms with E-state index in [-0.39, 0.29) is 23.1 Å². The molecule has 0 bridgehead atoms. The van der Waals surface area contributed by atoms with E-state index >= 15 is 0 Å². The molecule has 0 spiro atoms. The quantitative estimate of drug-likeness (QED) is 0.851. The first kappa shape index (κ1) is 17.7. The Morgan fingerprint density at radius 1 is 1.09 bits per heavy atom. The van der Waals surface area contributed by atoms with Gasteiger partial charge >= 0.3 is 0 Å². The van der Waals surface area contributed by atoms with E-state index in [0.717, 1.165) is 32.1 Å². The summed E-state index contributed by atoms with van der Waals surface area (Å²) in [5.74, 6) is -0.423. The molecule has 1 saturated carbocycles. The molecule has 2 atom stereocenters. The Morgan fingerprint density at radius 2 is 1.73 bits per heavy atom. The molecule has 2 N–H and O–H groups in total. The minimum absolute atomic E-state index is 0.0251. The van der Waals surface area contributed by atoms with Crippen molar-refractivity contribution in [3.05, 3.63) is 0 Å². The summed E-state index contributed by atoms with van der Waals surface area (Å²) in [5, 5.41) is -1.24. The predicted octanol–water partition coefficient (Wildman–Crippen LogP) is 1.71. The number of sulfone groups is 1. The molecular formula is C16H30N2O3S. The van der Waals surface area contributed by atoms with Crippen LogP contribution in [-0.2, 0) is 14.6 Å². The minimum Gasteiger partial charge on any atom is -0.340 e. The number of nitrogens with two attached hydrogens (primary N) is 1. The van der Waals surface area contributed by atoms with Crippen molar-refractivity contribution in [1.29, 1.82) is 0 Å². The highest BCUT2D eigenvalue weighted by Crippen LogP contribution is 2.30. The van der Waals surface area contributed by atoms with Crippen LogP contribution < -0.4 is 5.73 Å². The van der Waals surface area contributed by atoms with E-state index in [1.807, 2.05) is 13.8 Å². The Labute approximate surface area is 134 Å². The number of rotatable bonds is 4. The van der Waals surface area contributed by atoms with Crippen LogP contribution in [0.15, 0.2) is 0 Å². The van der Waals surface area contributed by atoms with Crippen molar-refractivity contribution >= 4 is 15.7 Å². The number of nitrogens with zero attached hydrogens (tertiary/aromatic N) is 1. The third-order valence-corrected chi connectivity index (χ3v) is 7.84. The molecule has 0 radical (unpaired) electrons. The lowest BCUT2D eigenvalue weighted by atomic mass is 10.0. The highest BCUT2D eigenvalue weighted by molar-refractivity contribution is 7.93. The van der Waals surface area contributed by atoms with Crippen LogP contribution in [0.25, 0.3) is 0 Å². The molecule has 128 valence electrons. The number of carbonyl (C=O) groups excluding carboxylic acids is 1. The zero-order valence-corrected chi connectivity index (χ0v) is 14.6. The number of amides is 1. The molecule has 1 heterocycles. The molecule has 5 nitrogen and oxygen atoms in total. The van der Waals surface area contributed by atoms with Gasteiger partial charge in [-0.2, -0.15) is 0 Å². The smallest absolute Gasteiger partial charge is 0.241 e. The summed E-state index contributed by atoms with van der Waals surface area (Å²) in [6, 6.07) is -0.0251. The summed E-state index contributed by atoms with van der Waals surface area (Å²) < 4.78 is 26.0. The van der Waals surface area contributed by atoms with E-state index in [4.69, 9.17) is 5.73 Å². The summed E-state index contributed by atoms with van der Waals surface area (Å²) in [6.45, 7) is 4.80. The van der Waals surface area contributed by atoms with E-state index in [2.05, 4.69) is 0 Å². The lowest BCUT2D eigenvalue weighted by molar-refractivity contribution is -0.132. The van der Waals surface area contributed by atoms with Gasteiger partial charge in [-0.05, 0) is 31.6 Å². The van der Waals surface area contributed by atoms with E-state index in [1.165, 1.54) is 0 Å². The summed E-state index contributed by atoms with van der Waals surface area (Å²) in [7, 11) is -3.42. The Bertz CT molecular complexity index is 484. The molecule has 0 aromatic carbocycles. The highest BCUT2D eigenvalue weighted by atomic mass is 32.2. The van der Waals surface area contributed by atoms with Crippen LogP contribution in [-0.4, -0.2) is 48.9 Å². The molecule has 6 heteroatoms. The Kier molecular flexibility index (Phi) is 5.88. The summed E-state index contributed by atoms with van der Waals surface area (Å²) in [5.41, 5.74) is 5.95. The van der Waals surface area contributed by atoms with E-state index in [1.54, 1.807) is 4.90 Å². The van der Waals surface area contributed by atoms with Crippen molar-refractivity contribution in [2.24, 2.45) is 11.7 Å². The van der Waals surface area contributed by atoms with Gasteiger partial charge in [0.05, 0.1) is 5.25 Å². The third-order valence-electron chi connectivity index (χ3n) is 4.99. The molecule has 1 aliphatic carbocycles. The van der Waals surface area contributed by atoms with Crippen molar-refractivity contribution in [3.63, 3.8) is 0 Å². The van der Waals surface area contributed by atoms with Crippen molar-refractivity contribution in [2.45, 2.75) is 75.3 Å². The first-order valence-corrected chi connectivity index (χ1v) is 10.2. The summed E-state index contributed by atoms with van der Waals surface area (Å²) in [4.78, 5) is 14.5. The van der Waals surface area contributed by atoms with Crippen molar-refractivity contribution < 1.29 is 13.2 Å². The fourth-order valence-electron chi connectivity index (χ4n) is 3.80. The lowest BCUT2D eigenvalue weighted by Crippen LogP contribution is -2.53. The molecule has 1 aliphatic heterocycles. The van der Waals surface area contributed by atoms with Gasteiger partial charge in [-0.25, -0.2) is 8.42 Å². The maximum atomic E-state index is 13.0. The normalized spacial score (nSPS) is 26.2. The molecule has 2 aliphatic rings. The second-order valence-corrected chi connectivity index (χ2v) is 9.55. The van der Waals surface area contributed by atoms with Gasteiger partial charge in [0.1, 0.15) is 5.25 Å². The number of carbonyl (C=O) groups is 1. The van der Waals surface area contributed by atoms with Crippen LogP contribution in [0, 0.1) is 5.92 Å². The molecule has 0 aromatic heterocycles. The van der Waals surface area contributed by atoms with E-state index in [0.29, 0.717) is 25.9 Å². The molecule has 0 aromatic rings. The minimum atomic E-state index is -3.42. The van der Waals surface area contributed by atoms with Crippen LogP contribution >= 0.6 is 0 Å².